The first-order chi connectivity index (χ1) is 40.4. The van der Waals surface area contributed by atoms with E-state index in [0.29, 0.717) is 11.3 Å². The molecule has 11 atom stereocenters. The summed E-state index contributed by atoms with van der Waals surface area (Å²) in [5.74, 6) is -2.02. The average Bonchev–Trinajstić information content (AvgIpc) is 2.18. The van der Waals surface area contributed by atoms with Gasteiger partial charge < -0.3 is 79.1 Å². The number of aliphatic hydroxyl groups is 2. The van der Waals surface area contributed by atoms with E-state index in [2.05, 4.69) is 76.8 Å². The van der Waals surface area contributed by atoms with Gasteiger partial charge in [-0.15, -0.1) is 0 Å². The van der Waals surface area contributed by atoms with E-state index in [9.17, 15) is 43.5 Å². The van der Waals surface area contributed by atoms with Crippen LogP contribution in [0, 0.1) is 5.92 Å². The minimum Gasteiger partial charge on any atom is -0.446 e. The summed E-state index contributed by atoms with van der Waals surface area (Å²) in [6.07, 6.45) is -9.58. The molecule has 6 heterocycles. The van der Waals surface area contributed by atoms with Crippen molar-refractivity contribution in [3.63, 3.8) is 0 Å². The molecule has 2 aliphatic heterocycles. The zero-order chi connectivity index (χ0) is 61.9. The second-order valence-corrected chi connectivity index (χ2v) is 22.7. The molecule has 0 radical (unpaired) electrons. The largest absolute Gasteiger partial charge is 0.446 e. The van der Waals surface area contributed by atoms with Crippen molar-refractivity contribution in [3.05, 3.63) is 61.1 Å². The number of benzene rings is 1. The number of hydrogen-bond acceptors (Lipinski definition) is 23. The van der Waals surface area contributed by atoms with E-state index < -0.39 is 136 Å². The van der Waals surface area contributed by atoms with Crippen molar-refractivity contribution in [1.29, 1.82) is 0 Å². The lowest BCUT2D eigenvalue weighted by Crippen LogP contribution is -2.55. The normalized spacial score (nSPS) is 21.4. The predicted octanol–water partition coefficient (Wildman–Crippen LogP) is 3.62. The van der Waals surface area contributed by atoms with E-state index in [0.717, 1.165) is 33.5 Å². The van der Waals surface area contributed by atoms with Crippen molar-refractivity contribution in [3.8, 4) is 0 Å². The average molecular weight is 1250 g/mol. The van der Waals surface area contributed by atoms with Gasteiger partial charge in [0.2, 0.25) is 19.0 Å². The highest BCUT2D eigenvalue weighted by Crippen LogP contribution is 2.42. The van der Waals surface area contributed by atoms with Crippen LogP contribution in [0.25, 0.3) is 22.2 Å². The van der Waals surface area contributed by atoms with Crippen LogP contribution in [0.4, 0.5) is 45.3 Å². The van der Waals surface area contributed by atoms with Crippen LogP contribution < -0.4 is 37.4 Å². The second kappa shape index (κ2) is 29.2. The number of fused-ring (bicyclic) bond motifs is 2. The first-order valence-corrected chi connectivity index (χ1v) is 29.2. The molecule has 0 bridgehead atoms. The molecule has 7 amide bonds. The maximum Gasteiger partial charge on any atom is 0.435 e. The molecule has 0 aliphatic carbocycles. The number of amides is 7. The number of ether oxygens (including phenoxy) is 5. The van der Waals surface area contributed by atoms with Gasteiger partial charge in [0.05, 0.1) is 31.5 Å². The van der Waals surface area contributed by atoms with Crippen molar-refractivity contribution in [2.75, 3.05) is 55.7 Å². The highest BCUT2D eigenvalue weighted by molar-refractivity contribution is 8.39. The minimum atomic E-state index is -2.99. The number of imidazole rings is 1. The Kier molecular flexibility index (Phi) is 22.5. The van der Waals surface area contributed by atoms with Gasteiger partial charge in [-0.05, 0) is 76.2 Å². The molecule has 4 aromatic heterocycles. The molecule has 85 heavy (non-hydrogen) atoms. The number of primary amides is 1. The fourth-order valence-corrected chi connectivity index (χ4v) is 10.0. The number of carbonyl (C=O) groups excluding carboxylic acids is 6. The topological polar surface area (TPSA) is 392 Å². The molecule has 5 aromatic rings. The molecule has 1 unspecified atom stereocenters. The van der Waals surface area contributed by atoms with Crippen LogP contribution in [-0.4, -0.2) is 180 Å². The van der Waals surface area contributed by atoms with E-state index in [1.165, 1.54) is 36.0 Å². The summed E-state index contributed by atoms with van der Waals surface area (Å²) in [5.41, 5.74) is 7.89. The Morgan fingerprint density at radius 2 is 1.53 bits per heavy atom. The monoisotopic (exact) mass is 1250 g/mol. The van der Waals surface area contributed by atoms with Gasteiger partial charge in [-0.25, -0.2) is 52.9 Å². The van der Waals surface area contributed by atoms with Crippen LogP contribution in [0.1, 0.15) is 65.5 Å². The van der Waals surface area contributed by atoms with E-state index in [1.807, 2.05) is 0 Å². The van der Waals surface area contributed by atoms with E-state index >= 15 is 8.78 Å². The lowest BCUT2D eigenvalue weighted by atomic mass is 10.0. The Labute approximate surface area is 495 Å². The van der Waals surface area contributed by atoms with Crippen molar-refractivity contribution >= 4 is 108 Å². The van der Waals surface area contributed by atoms with Gasteiger partial charge in [-0.3, -0.25) is 24.1 Å². The molecule has 2 saturated heterocycles. The second-order valence-electron chi connectivity index (χ2n) is 20.6. The van der Waals surface area contributed by atoms with Crippen LogP contribution >= 0.6 is 32.4 Å². The number of alkyl halides is 2. The van der Waals surface area contributed by atoms with E-state index in [4.69, 9.17) is 38.1 Å². The number of carbonyl (C=O) groups is 6. The highest BCUT2D eigenvalue weighted by atomic mass is 32.7. The molecular formula is C49H66F2N15O16PS2. The molecule has 0 saturated carbocycles. The van der Waals surface area contributed by atoms with E-state index in [1.54, 1.807) is 46.8 Å². The quantitative estimate of drug-likeness (QED) is 0.00996. The summed E-state index contributed by atoms with van der Waals surface area (Å²) >= 11 is 7.50. The zero-order valence-corrected chi connectivity index (χ0v) is 49.4. The van der Waals surface area contributed by atoms with Gasteiger partial charge in [-0.2, -0.15) is 5.01 Å². The number of aliphatic hydroxyl groups excluding tert-OH is 2. The van der Waals surface area contributed by atoms with Crippen LogP contribution in [0.5, 0.6) is 0 Å². The molecule has 2 fully saturated rings. The maximum atomic E-state index is 16.0. The number of nitrogens with one attached hydrogen (secondary N) is 5. The smallest absolute Gasteiger partial charge is 0.435 e. The Balaban J connectivity index is 1.02. The maximum absolute atomic E-state index is 16.0. The third-order valence-electron chi connectivity index (χ3n) is 13.0. The summed E-state index contributed by atoms with van der Waals surface area (Å²) in [6.45, 7) is 6.33. The van der Waals surface area contributed by atoms with Gasteiger partial charge in [0.1, 0.15) is 73.6 Å². The van der Waals surface area contributed by atoms with Crippen molar-refractivity contribution in [1.82, 2.24) is 54.9 Å². The van der Waals surface area contributed by atoms with E-state index in [-0.39, 0.29) is 66.4 Å². The Morgan fingerprint density at radius 3 is 2.16 bits per heavy atom. The number of thiol groups is 2. The lowest BCUT2D eigenvalue weighted by Gasteiger charge is -2.27. The molecule has 31 nitrogen and oxygen atoms in total. The summed E-state index contributed by atoms with van der Waals surface area (Å²) in [7, 11) is -1.61. The van der Waals surface area contributed by atoms with Crippen molar-refractivity contribution < 1.29 is 84.7 Å². The van der Waals surface area contributed by atoms with Gasteiger partial charge in [0, 0.05) is 25.5 Å². The Bertz CT molecular complexity index is 3190. The first kappa shape index (κ1) is 65.3. The lowest BCUT2D eigenvalue weighted by molar-refractivity contribution is -0.128. The number of hydrogen-bond donors (Lipinski definition) is 10. The zero-order valence-electron chi connectivity index (χ0n) is 46.6. The minimum absolute atomic E-state index is 0.0710. The Morgan fingerprint density at radius 1 is 0.871 bits per heavy atom. The first-order valence-electron chi connectivity index (χ1n) is 26.3. The summed E-state index contributed by atoms with van der Waals surface area (Å²) in [6, 6.07) is 4.75. The standard InChI is InChI=1S/C49H66F2N15O16PS2/c1-24(2)33(61-46(72)80-49(3,4)5)42(70)60-28(8-7-14-53-45(52)71)41(69)59-26-11-9-25(10-12-26)20-77-47(73)63(6)16-17-76-48(74)66(62-37-27-13-15-64(38(27)55-21-54-37)43-32(51)36(82-84)30(19-68)79-43)40-34-39(56-22-57-40)65(23-58-34)44-31(50)35(81-83(75)85)29(18-67)78-44/h9-13,15,21-24,28-33,35-36,43-44,67-68,83-84H,7-8,14,16-20H2,1-6H3,(H,59,69)(H,60,70)(H,61,72)(H,75,85)(H3,52,53,71)(H,54,55,62)/t28-,29+,30+,31+,32+,33-,35+,36+,43+,44+/m0/s1. The molecule has 7 rings (SSSR count). The van der Waals surface area contributed by atoms with Gasteiger partial charge in [-0.1, -0.05) is 38.2 Å². The number of aromatic nitrogens is 7. The number of urea groups is 1. The van der Waals surface area contributed by atoms with Gasteiger partial charge in [0.25, 0.3) is 0 Å². The summed E-state index contributed by atoms with van der Waals surface area (Å²) in [5, 5.41) is 31.2. The van der Waals surface area contributed by atoms with Crippen LogP contribution in [-0.2, 0) is 53.2 Å². The number of hydrazine groups is 1. The molecule has 464 valence electrons. The van der Waals surface area contributed by atoms with Crippen LogP contribution in [0.3, 0.4) is 0 Å². The third-order valence-corrected chi connectivity index (χ3v) is 14.1. The summed E-state index contributed by atoms with van der Waals surface area (Å²) in [4.78, 5) is 101. The molecule has 0 spiro atoms. The number of alkyl carbamates (subject to hydrolysis) is 1. The molecule has 2 aliphatic rings. The number of rotatable bonds is 25. The number of halogens is 2. The summed E-state index contributed by atoms with van der Waals surface area (Å²) < 4.78 is 84.1. The molecule has 9 N–H and O–H groups in total. The van der Waals surface area contributed by atoms with Crippen LogP contribution in [0.2, 0.25) is 0 Å². The Hall–Kier alpha value is -7.24. The molecule has 1 aromatic carbocycles. The number of nitrogens with two attached hydrogens (primary N) is 1. The molecule has 36 heteroatoms. The number of anilines is 3. The number of likely N-dealkylation sites (N-methyl/N-ethyl adjacent to an activating group) is 1. The van der Waals surface area contributed by atoms with Crippen LogP contribution in [0.15, 0.2) is 55.5 Å². The van der Waals surface area contributed by atoms with Crippen molar-refractivity contribution in [2.45, 2.75) is 121 Å². The van der Waals surface area contributed by atoms with Gasteiger partial charge >= 0.3 is 24.3 Å². The number of nitrogens with zero attached hydrogens (tertiary/aromatic N) is 9. The third kappa shape index (κ3) is 16.4. The molecular weight excluding hydrogens is 1190 g/mol. The van der Waals surface area contributed by atoms with Gasteiger partial charge in [0.15, 0.2) is 47.6 Å². The highest BCUT2D eigenvalue weighted by Gasteiger charge is 2.49. The fraction of sp³-hybridized carbons (Fsp3) is 0.531. The fourth-order valence-electron chi connectivity index (χ4n) is 8.87. The predicted molar refractivity (Wildman–Crippen MR) is 303 cm³/mol. The van der Waals surface area contributed by atoms with Crippen molar-refractivity contribution in [2.24, 2.45) is 11.7 Å². The SMILES string of the molecule is CC(C)[C@H](NC(=O)OC(C)(C)C)C(=O)N[C@@H](CCCNC(N)=O)C(=O)Nc1ccc(COC(=O)N(C)CCOC(=O)N(Nc2ncnc3c2ccn3[C@@H]2O[C@H](CO)[C@@H](OS)[C@H]2F)c2ncnc3c2ncn3[C@@H]2O[C@H](CO)[C@@H](O[PH](=O)S)[C@H]2F)cc1.